The van der Waals surface area contributed by atoms with Crippen molar-refractivity contribution in [2.45, 2.75) is 32.0 Å². The van der Waals surface area contributed by atoms with E-state index in [0.717, 1.165) is 18.6 Å². The molecule has 0 bridgehead atoms. The molecule has 0 aromatic heterocycles. The lowest BCUT2D eigenvalue weighted by Crippen LogP contribution is -2.28. The van der Waals surface area contributed by atoms with Gasteiger partial charge in [0.2, 0.25) is 17.7 Å². The number of halogens is 3. The van der Waals surface area contributed by atoms with Crippen molar-refractivity contribution in [3.63, 3.8) is 0 Å². The van der Waals surface area contributed by atoms with Crippen LogP contribution in [0.4, 0.5) is 24.5 Å². The van der Waals surface area contributed by atoms with Gasteiger partial charge in [0, 0.05) is 43.9 Å². The third kappa shape index (κ3) is 4.76. The van der Waals surface area contributed by atoms with E-state index >= 15 is 0 Å². The molecule has 2 aromatic rings. The number of hydrogen-bond donors (Lipinski definition) is 1. The summed E-state index contributed by atoms with van der Waals surface area (Å²) in [5.74, 6) is -1.18. The number of anilines is 2. The third-order valence-corrected chi connectivity index (χ3v) is 5.71. The van der Waals surface area contributed by atoms with Crippen molar-refractivity contribution in [3.05, 3.63) is 59.7 Å². The molecular weight excluding hydrogens is 423 g/mol. The molecule has 3 amide bonds. The summed E-state index contributed by atoms with van der Waals surface area (Å²) in [5, 5.41) is 2.79. The number of alkyl halides is 3. The summed E-state index contributed by atoms with van der Waals surface area (Å²) in [4.78, 5) is 40.1. The smallest absolute Gasteiger partial charge is 0.338 e. The first kappa shape index (κ1) is 21.9. The average molecular weight is 445 g/mol. The highest BCUT2D eigenvalue weighted by molar-refractivity contribution is 5.99. The number of nitrogens with zero attached hydrogens (tertiary/aromatic N) is 2. The van der Waals surface area contributed by atoms with Crippen LogP contribution < -0.4 is 10.2 Å². The second-order valence-corrected chi connectivity index (χ2v) is 8.06. The number of hydrogen-bond acceptors (Lipinski definition) is 3. The Morgan fingerprint density at radius 3 is 2.56 bits per heavy atom. The van der Waals surface area contributed by atoms with Crippen molar-refractivity contribution in [1.82, 2.24) is 4.90 Å². The van der Waals surface area contributed by atoms with Gasteiger partial charge in [-0.1, -0.05) is 18.2 Å². The van der Waals surface area contributed by atoms with E-state index in [0.29, 0.717) is 29.9 Å². The molecule has 6 nitrogen and oxygen atoms in total. The maximum atomic E-state index is 12.9. The minimum atomic E-state index is -4.46. The van der Waals surface area contributed by atoms with Gasteiger partial charge in [-0.05, 0) is 42.3 Å². The van der Waals surface area contributed by atoms with Gasteiger partial charge >= 0.3 is 6.18 Å². The number of amides is 3. The molecule has 0 aliphatic carbocycles. The van der Waals surface area contributed by atoms with Crippen molar-refractivity contribution in [2.75, 3.05) is 23.3 Å². The predicted molar refractivity (Wildman–Crippen MR) is 112 cm³/mol. The van der Waals surface area contributed by atoms with E-state index in [1.54, 1.807) is 29.2 Å². The van der Waals surface area contributed by atoms with Gasteiger partial charge < -0.3 is 15.1 Å². The van der Waals surface area contributed by atoms with E-state index < -0.39 is 17.7 Å². The normalized spacial score (nSPS) is 19.0. The van der Waals surface area contributed by atoms with E-state index in [4.69, 9.17) is 0 Å². The summed E-state index contributed by atoms with van der Waals surface area (Å²) >= 11 is 0. The first-order chi connectivity index (χ1) is 15.2. The minimum Gasteiger partial charge on any atom is -0.338 e. The summed E-state index contributed by atoms with van der Waals surface area (Å²) in [6.45, 7) is 0.780. The third-order valence-electron chi connectivity index (χ3n) is 5.71. The highest BCUT2D eigenvalue weighted by Crippen LogP contribution is 2.31. The Morgan fingerprint density at radius 2 is 1.84 bits per heavy atom. The van der Waals surface area contributed by atoms with Crippen molar-refractivity contribution < 1.29 is 27.6 Å². The summed E-state index contributed by atoms with van der Waals surface area (Å²) in [7, 11) is 0. The van der Waals surface area contributed by atoms with Crippen LogP contribution in [0.3, 0.4) is 0 Å². The first-order valence-corrected chi connectivity index (χ1v) is 10.4. The summed E-state index contributed by atoms with van der Waals surface area (Å²) in [6, 6.07) is 11.8. The van der Waals surface area contributed by atoms with E-state index in [1.807, 2.05) is 0 Å². The molecule has 1 N–H and O–H groups in total. The largest absolute Gasteiger partial charge is 0.416 e. The number of carbonyl (C=O) groups is 3. The molecule has 2 aliphatic rings. The summed E-state index contributed by atoms with van der Waals surface area (Å²) in [6.07, 6.45) is -3.17. The standard InChI is InChI=1S/C23H22F3N3O3/c24-23(25,26)17-5-1-4-15(10-17)13-28-14-16(11-21(28)31)22(32)27-18-6-2-7-19(12-18)29-9-3-8-20(29)30/h1-2,4-7,10,12,16H,3,8-9,11,13-14H2,(H,27,32). The molecule has 1 atom stereocenters. The maximum Gasteiger partial charge on any atom is 0.416 e. The number of likely N-dealkylation sites (tertiary alicyclic amines) is 1. The Bertz CT molecular complexity index is 1050. The predicted octanol–water partition coefficient (Wildman–Crippen LogP) is 3.82. The molecule has 4 rings (SSSR count). The zero-order chi connectivity index (χ0) is 22.9. The van der Waals surface area contributed by atoms with Crippen LogP contribution in [0.2, 0.25) is 0 Å². The number of benzene rings is 2. The lowest BCUT2D eigenvalue weighted by atomic mass is 10.1. The van der Waals surface area contributed by atoms with Crippen LogP contribution in [0, 0.1) is 5.92 Å². The SMILES string of the molecule is O=C(Nc1cccc(N2CCCC2=O)c1)C1CC(=O)N(Cc2cccc(C(F)(F)F)c2)C1. The summed E-state index contributed by atoms with van der Waals surface area (Å²) < 4.78 is 38.8. The molecule has 2 aliphatic heterocycles. The quantitative estimate of drug-likeness (QED) is 0.761. The zero-order valence-electron chi connectivity index (χ0n) is 17.2. The topological polar surface area (TPSA) is 69.7 Å². The van der Waals surface area contributed by atoms with Crippen molar-refractivity contribution >= 4 is 29.1 Å². The molecule has 168 valence electrons. The van der Waals surface area contributed by atoms with Gasteiger partial charge in [-0.2, -0.15) is 13.2 Å². The fraction of sp³-hybridized carbons (Fsp3) is 0.348. The van der Waals surface area contributed by atoms with Crippen LogP contribution in [-0.4, -0.2) is 35.7 Å². The van der Waals surface area contributed by atoms with E-state index in [9.17, 15) is 27.6 Å². The van der Waals surface area contributed by atoms with Gasteiger partial charge in [0.15, 0.2) is 0 Å². The van der Waals surface area contributed by atoms with Gasteiger partial charge in [0.1, 0.15) is 0 Å². The molecule has 0 spiro atoms. The fourth-order valence-corrected chi connectivity index (χ4v) is 4.08. The lowest BCUT2D eigenvalue weighted by molar-refractivity contribution is -0.137. The Hall–Kier alpha value is -3.36. The average Bonchev–Trinajstić information content (AvgIpc) is 3.33. The van der Waals surface area contributed by atoms with Gasteiger partial charge in [-0.15, -0.1) is 0 Å². The Labute approximate surface area is 183 Å². The molecule has 1 unspecified atom stereocenters. The van der Waals surface area contributed by atoms with Gasteiger partial charge in [-0.25, -0.2) is 0 Å². The van der Waals surface area contributed by atoms with Gasteiger partial charge in [0.05, 0.1) is 11.5 Å². The molecular formula is C23H22F3N3O3. The second kappa shape index (κ2) is 8.64. The number of rotatable bonds is 5. The van der Waals surface area contributed by atoms with Crippen molar-refractivity contribution in [3.8, 4) is 0 Å². The van der Waals surface area contributed by atoms with Crippen LogP contribution in [0.25, 0.3) is 0 Å². The van der Waals surface area contributed by atoms with Crippen molar-refractivity contribution in [2.24, 2.45) is 5.92 Å². The maximum absolute atomic E-state index is 12.9. The second-order valence-electron chi connectivity index (χ2n) is 8.06. The molecule has 32 heavy (non-hydrogen) atoms. The Balaban J connectivity index is 1.39. The highest BCUT2D eigenvalue weighted by Gasteiger charge is 2.35. The van der Waals surface area contributed by atoms with Gasteiger partial charge in [-0.3, -0.25) is 14.4 Å². The van der Waals surface area contributed by atoms with Crippen LogP contribution in [-0.2, 0) is 27.1 Å². The monoisotopic (exact) mass is 445 g/mol. The fourth-order valence-electron chi connectivity index (χ4n) is 4.08. The number of carbonyl (C=O) groups excluding carboxylic acids is 3. The zero-order valence-corrected chi connectivity index (χ0v) is 17.2. The minimum absolute atomic E-state index is 0.00486. The number of nitrogens with one attached hydrogen (secondary N) is 1. The molecule has 0 radical (unpaired) electrons. The molecule has 2 heterocycles. The molecule has 0 saturated carbocycles. The van der Waals surface area contributed by atoms with E-state index in [1.165, 1.54) is 17.0 Å². The van der Waals surface area contributed by atoms with E-state index in [-0.39, 0.29) is 37.2 Å². The molecule has 9 heteroatoms. The Kier molecular flexibility index (Phi) is 5.90. The van der Waals surface area contributed by atoms with E-state index in [2.05, 4.69) is 5.32 Å². The molecule has 2 fully saturated rings. The van der Waals surface area contributed by atoms with Gasteiger partial charge in [0.25, 0.3) is 0 Å². The molecule has 2 saturated heterocycles. The summed E-state index contributed by atoms with van der Waals surface area (Å²) in [5.41, 5.74) is 0.819. The highest BCUT2D eigenvalue weighted by atomic mass is 19.4. The molecule has 2 aromatic carbocycles. The van der Waals surface area contributed by atoms with Crippen molar-refractivity contribution in [1.29, 1.82) is 0 Å². The lowest BCUT2D eigenvalue weighted by Gasteiger charge is -2.18. The van der Waals surface area contributed by atoms with Crippen LogP contribution in [0.5, 0.6) is 0 Å². The van der Waals surface area contributed by atoms with Crippen LogP contribution in [0.15, 0.2) is 48.5 Å². The van der Waals surface area contributed by atoms with Crippen LogP contribution >= 0.6 is 0 Å². The Morgan fingerprint density at radius 1 is 1.06 bits per heavy atom. The van der Waals surface area contributed by atoms with Crippen LogP contribution in [0.1, 0.15) is 30.4 Å². The first-order valence-electron chi connectivity index (χ1n) is 10.4.